The van der Waals surface area contributed by atoms with Gasteiger partial charge in [0.15, 0.2) is 18.1 Å². The smallest absolute Gasteiger partial charge is 0.422 e. The van der Waals surface area contributed by atoms with Crippen LogP contribution in [0.2, 0.25) is 0 Å². The van der Waals surface area contributed by atoms with Gasteiger partial charge in [0, 0.05) is 6.54 Å². The summed E-state index contributed by atoms with van der Waals surface area (Å²) in [6.45, 7) is -1.25. The van der Waals surface area contributed by atoms with Gasteiger partial charge in [0.25, 0.3) is 10.9 Å². The molecule has 0 aliphatic carbocycles. The van der Waals surface area contributed by atoms with Crippen LogP contribution in [-0.4, -0.2) is 25.9 Å². The van der Waals surface area contributed by atoms with Gasteiger partial charge in [-0.2, -0.15) is 13.2 Å². The molecule has 2 aromatic rings. The molecule has 6 nitrogen and oxygen atoms in total. The van der Waals surface area contributed by atoms with Gasteiger partial charge in [0.2, 0.25) is 0 Å². The minimum atomic E-state index is -4.45. The van der Waals surface area contributed by atoms with Gasteiger partial charge in [-0.15, -0.1) is 0 Å². The fourth-order valence-electron chi connectivity index (χ4n) is 1.77. The number of halogens is 3. The summed E-state index contributed by atoms with van der Waals surface area (Å²) in [7, 11) is 0. The molecule has 0 spiro atoms. The van der Waals surface area contributed by atoms with Crippen molar-refractivity contribution >= 4 is 11.4 Å². The van der Waals surface area contributed by atoms with E-state index in [-0.39, 0.29) is 36.0 Å². The number of para-hydroxylation sites is 2. The molecule has 0 atom stereocenters. The Labute approximate surface area is 128 Å². The molecule has 124 valence electrons. The van der Waals surface area contributed by atoms with Crippen LogP contribution in [-0.2, 0) is 0 Å². The van der Waals surface area contributed by atoms with E-state index < -0.39 is 23.6 Å². The van der Waals surface area contributed by atoms with Crippen molar-refractivity contribution in [1.29, 1.82) is 0 Å². The highest BCUT2D eigenvalue weighted by molar-refractivity contribution is 5.71. The van der Waals surface area contributed by atoms with Crippen LogP contribution in [0.1, 0.15) is 0 Å². The van der Waals surface area contributed by atoms with Crippen molar-refractivity contribution in [1.82, 2.24) is 0 Å². The summed E-state index contributed by atoms with van der Waals surface area (Å²) in [5.74, 6) is 0.0926. The van der Waals surface area contributed by atoms with Gasteiger partial charge in [-0.3, -0.25) is 9.59 Å². The van der Waals surface area contributed by atoms with Crippen LogP contribution in [0.15, 0.2) is 33.9 Å². The Bertz CT molecular complexity index is 751. The fourth-order valence-corrected chi connectivity index (χ4v) is 1.77. The van der Waals surface area contributed by atoms with Gasteiger partial charge in [-0.05, 0) is 12.1 Å². The monoisotopic (exact) mass is 330 g/mol. The maximum Gasteiger partial charge on any atom is 0.422 e. The summed E-state index contributed by atoms with van der Waals surface area (Å²) in [5.41, 5.74) is 3.79. The first-order chi connectivity index (χ1) is 10.8. The molecular weight excluding hydrogens is 317 g/mol. The van der Waals surface area contributed by atoms with Crippen LogP contribution in [0.25, 0.3) is 0 Å². The zero-order chi connectivity index (χ0) is 17.0. The standard InChI is InChI=1S/C14H13F3N2O4/c15-14(16,17)7-23-9-4-2-1-3-8(9)22-6-5-19-11-10(18)12(20)13(11)21/h1-4,19H,5-7,18H2. The second-order valence-electron chi connectivity index (χ2n) is 4.57. The molecule has 0 heterocycles. The van der Waals surface area contributed by atoms with Crippen molar-refractivity contribution in [3.05, 3.63) is 44.7 Å². The number of benzene rings is 1. The van der Waals surface area contributed by atoms with E-state index in [0.717, 1.165) is 0 Å². The molecule has 0 aliphatic rings. The van der Waals surface area contributed by atoms with E-state index in [1.54, 1.807) is 6.07 Å². The summed E-state index contributed by atoms with van der Waals surface area (Å²) in [6, 6.07) is 5.90. The molecule has 0 amide bonds. The van der Waals surface area contributed by atoms with Crippen molar-refractivity contribution in [2.45, 2.75) is 6.18 Å². The number of nitrogen functional groups attached to an aromatic ring is 1. The van der Waals surface area contributed by atoms with Crippen molar-refractivity contribution in [3.63, 3.8) is 0 Å². The molecule has 0 bridgehead atoms. The molecule has 2 rings (SSSR count). The number of nitrogens with one attached hydrogen (secondary N) is 1. The van der Waals surface area contributed by atoms with Crippen LogP contribution >= 0.6 is 0 Å². The minimum Gasteiger partial charge on any atom is -0.488 e. The van der Waals surface area contributed by atoms with Crippen LogP contribution in [0.4, 0.5) is 24.5 Å². The first-order valence-corrected chi connectivity index (χ1v) is 6.53. The highest BCUT2D eigenvalue weighted by Gasteiger charge is 2.29. The van der Waals surface area contributed by atoms with Crippen LogP contribution in [0.3, 0.4) is 0 Å². The molecule has 0 aliphatic heterocycles. The van der Waals surface area contributed by atoms with Gasteiger partial charge < -0.3 is 20.5 Å². The topological polar surface area (TPSA) is 90.7 Å². The van der Waals surface area contributed by atoms with Crippen molar-refractivity contribution in [2.75, 3.05) is 30.8 Å². The first-order valence-electron chi connectivity index (χ1n) is 6.53. The zero-order valence-corrected chi connectivity index (χ0v) is 11.8. The minimum absolute atomic E-state index is 0.0280. The lowest BCUT2D eigenvalue weighted by molar-refractivity contribution is -0.153. The molecule has 0 saturated carbocycles. The lowest BCUT2D eigenvalue weighted by Gasteiger charge is -2.14. The van der Waals surface area contributed by atoms with Gasteiger partial charge in [-0.25, -0.2) is 0 Å². The highest BCUT2D eigenvalue weighted by Crippen LogP contribution is 2.28. The summed E-state index contributed by atoms with van der Waals surface area (Å²) in [5, 5.41) is 2.63. The molecule has 0 unspecified atom stereocenters. The Morgan fingerprint density at radius 2 is 1.65 bits per heavy atom. The second-order valence-corrected chi connectivity index (χ2v) is 4.57. The molecule has 9 heteroatoms. The zero-order valence-electron chi connectivity index (χ0n) is 11.8. The molecule has 3 N–H and O–H groups in total. The summed E-state index contributed by atoms with van der Waals surface area (Å²) in [6.07, 6.45) is -4.45. The van der Waals surface area contributed by atoms with Crippen LogP contribution in [0, 0.1) is 0 Å². The molecular formula is C14H13F3N2O4. The number of anilines is 2. The fraction of sp³-hybridized carbons (Fsp3) is 0.286. The van der Waals surface area contributed by atoms with E-state index in [1.165, 1.54) is 18.2 Å². The average Bonchev–Trinajstić information content (AvgIpc) is 2.52. The molecule has 2 aromatic carbocycles. The van der Waals surface area contributed by atoms with E-state index in [4.69, 9.17) is 10.5 Å². The number of rotatable bonds is 7. The largest absolute Gasteiger partial charge is 0.488 e. The third-order valence-electron chi connectivity index (χ3n) is 2.85. The number of alkyl halides is 3. The number of nitrogens with two attached hydrogens (primary N) is 1. The van der Waals surface area contributed by atoms with Gasteiger partial charge in [-0.1, -0.05) is 12.1 Å². The van der Waals surface area contributed by atoms with E-state index in [1.807, 2.05) is 0 Å². The summed E-state index contributed by atoms with van der Waals surface area (Å²) < 4.78 is 46.5. The average molecular weight is 330 g/mol. The van der Waals surface area contributed by atoms with E-state index >= 15 is 0 Å². The van der Waals surface area contributed by atoms with Gasteiger partial charge in [0.1, 0.15) is 18.0 Å². The summed E-state index contributed by atoms with van der Waals surface area (Å²) in [4.78, 5) is 22.1. The predicted octanol–water partition coefficient (Wildman–Crippen LogP) is 1.30. The van der Waals surface area contributed by atoms with Crippen molar-refractivity contribution in [3.8, 4) is 11.5 Å². The van der Waals surface area contributed by atoms with Crippen LogP contribution < -0.4 is 31.4 Å². The lowest BCUT2D eigenvalue weighted by atomic mass is 10.2. The van der Waals surface area contributed by atoms with Crippen molar-refractivity contribution in [2.24, 2.45) is 0 Å². The summed E-state index contributed by atoms with van der Waals surface area (Å²) >= 11 is 0. The van der Waals surface area contributed by atoms with Gasteiger partial charge in [0.05, 0.1) is 0 Å². The Morgan fingerprint density at radius 1 is 1.04 bits per heavy atom. The lowest BCUT2D eigenvalue weighted by Crippen LogP contribution is -2.37. The number of ether oxygens (including phenoxy) is 2. The first kappa shape index (κ1) is 16.7. The van der Waals surface area contributed by atoms with Crippen LogP contribution in [0.5, 0.6) is 11.5 Å². The van der Waals surface area contributed by atoms with E-state index in [9.17, 15) is 22.8 Å². The Kier molecular flexibility index (Phi) is 4.77. The molecule has 0 radical (unpaired) electrons. The number of hydrogen-bond donors (Lipinski definition) is 2. The normalized spacial score (nSPS) is 11.4. The molecule has 0 saturated heterocycles. The molecule has 23 heavy (non-hydrogen) atoms. The number of hydrogen-bond acceptors (Lipinski definition) is 6. The van der Waals surface area contributed by atoms with Gasteiger partial charge >= 0.3 is 6.18 Å². The van der Waals surface area contributed by atoms with E-state index in [2.05, 4.69) is 10.1 Å². The highest BCUT2D eigenvalue weighted by atomic mass is 19.4. The Morgan fingerprint density at radius 3 is 2.22 bits per heavy atom. The maximum atomic E-state index is 12.2. The third-order valence-corrected chi connectivity index (χ3v) is 2.85. The maximum absolute atomic E-state index is 12.2. The quantitative estimate of drug-likeness (QED) is 0.587. The molecule has 0 aromatic heterocycles. The van der Waals surface area contributed by atoms with E-state index in [0.29, 0.717) is 0 Å². The Balaban J connectivity index is 1.86. The SMILES string of the molecule is Nc1c(NCCOc2ccccc2OCC(F)(F)F)c(=O)c1=O. The van der Waals surface area contributed by atoms with Crippen molar-refractivity contribution < 1.29 is 22.6 Å². The predicted molar refractivity (Wildman–Crippen MR) is 77.7 cm³/mol. The third kappa shape index (κ3) is 4.15. The second kappa shape index (κ2) is 6.59. The molecule has 0 fully saturated rings. The Hall–Kier alpha value is -2.71.